The molecule has 1 unspecified atom stereocenters. The van der Waals surface area contributed by atoms with E-state index in [-0.39, 0.29) is 17.9 Å². The van der Waals surface area contributed by atoms with E-state index in [2.05, 4.69) is 35.2 Å². The quantitative estimate of drug-likeness (QED) is 0.171. The van der Waals surface area contributed by atoms with E-state index in [1.807, 2.05) is 85.8 Å². The molecule has 0 aliphatic rings. The Hall–Kier alpha value is -3.72. The summed E-state index contributed by atoms with van der Waals surface area (Å²) < 4.78 is 11.9. The van der Waals surface area contributed by atoms with Crippen molar-refractivity contribution in [3.63, 3.8) is 0 Å². The number of anilines is 1. The molecule has 4 N–H and O–H groups in total. The summed E-state index contributed by atoms with van der Waals surface area (Å²) in [7, 11) is 0.426. The molecule has 4 aromatic rings. The first-order valence-corrected chi connectivity index (χ1v) is 17.4. The normalized spacial score (nSPS) is 13.2. The molecule has 0 radical (unpaired) electrons. The fourth-order valence-electron chi connectivity index (χ4n) is 4.74. The molecule has 4 rings (SSSR count). The summed E-state index contributed by atoms with van der Waals surface area (Å²) in [4.78, 5) is 13.4. The van der Waals surface area contributed by atoms with Crippen LogP contribution in [0.1, 0.15) is 35.8 Å². The molecule has 0 fully saturated rings. The molecule has 0 saturated heterocycles. The van der Waals surface area contributed by atoms with Crippen LogP contribution >= 0.6 is 0 Å². The standard InChI is InChI=1S/C32H40N4O3Si/c1-22(39-18-19-40(3,4)5)31-27(21-34-36-31)26-17-16-25(20-28(26)38-2)35-32(37)30(33)29(23-12-8-6-9-13-23)24-14-10-7-11-15-24/h6-17,20-22,29-30H,18-19,33H2,1-5H3,(H,34,36)(H,35,37)/t22?,30-/m0/s1. The van der Waals surface area contributed by atoms with E-state index >= 15 is 0 Å². The number of rotatable bonds is 12. The zero-order valence-corrected chi connectivity index (χ0v) is 25.0. The summed E-state index contributed by atoms with van der Waals surface area (Å²) in [6.07, 6.45) is 1.63. The third-order valence-corrected chi connectivity index (χ3v) is 8.74. The molecular formula is C32H40N4O3Si. The lowest BCUT2D eigenvalue weighted by molar-refractivity contribution is -0.117. The molecule has 1 amide bonds. The van der Waals surface area contributed by atoms with Gasteiger partial charge in [-0.1, -0.05) is 80.3 Å². The Balaban J connectivity index is 1.53. The van der Waals surface area contributed by atoms with Crippen molar-refractivity contribution in [2.75, 3.05) is 19.0 Å². The number of benzene rings is 3. The van der Waals surface area contributed by atoms with Crippen LogP contribution in [0.3, 0.4) is 0 Å². The zero-order valence-electron chi connectivity index (χ0n) is 24.0. The van der Waals surface area contributed by atoms with Crippen LogP contribution in [-0.2, 0) is 9.53 Å². The lowest BCUT2D eigenvalue weighted by Crippen LogP contribution is -2.41. The molecule has 210 valence electrons. The van der Waals surface area contributed by atoms with Crippen molar-refractivity contribution in [2.45, 2.75) is 50.7 Å². The number of H-pyrrole nitrogens is 1. The summed E-state index contributed by atoms with van der Waals surface area (Å²) in [5.74, 6) is 0.0476. The van der Waals surface area contributed by atoms with Crippen LogP contribution in [0.25, 0.3) is 11.1 Å². The predicted octanol–water partition coefficient (Wildman–Crippen LogP) is 6.60. The average Bonchev–Trinajstić information content (AvgIpc) is 3.43. The minimum atomic E-state index is -1.19. The number of ether oxygens (including phenoxy) is 2. The Morgan fingerprint density at radius 2 is 1.60 bits per heavy atom. The molecular weight excluding hydrogens is 516 g/mol. The van der Waals surface area contributed by atoms with Gasteiger partial charge in [-0.05, 0) is 36.2 Å². The fraction of sp³-hybridized carbons (Fsp3) is 0.312. The highest BCUT2D eigenvalue weighted by atomic mass is 28.3. The van der Waals surface area contributed by atoms with E-state index in [4.69, 9.17) is 15.2 Å². The molecule has 1 aromatic heterocycles. The first-order valence-electron chi connectivity index (χ1n) is 13.7. The highest BCUT2D eigenvalue weighted by Crippen LogP contribution is 2.37. The van der Waals surface area contributed by atoms with E-state index in [0.717, 1.165) is 34.0 Å². The monoisotopic (exact) mass is 556 g/mol. The van der Waals surface area contributed by atoms with Gasteiger partial charge in [0.25, 0.3) is 0 Å². The molecule has 0 aliphatic heterocycles. The summed E-state index contributed by atoms with van der Waals surface area (Å²) in [5, 5.41) is 10.4. The number of carbonyl (C=O) groups is 1. The number of nitrogens with one attached hydrogen (secondary N) is 2. The van der Waals surface area contributed by atoms with Gasteiger partial charge in [-0.3, -0.25) is 9.89 Å². The second-order valence-electron chi connectivity index (χ2n) is 11.3. The third-order valence-electron chi connectivity index (χ3n) is 7.03. The van der Waals surface area contributed by atoms with Crippen molar-refractivity contribution in [3.8, 4) is 16.9 Å². The van der Waals surface area contributed by atoms with Crippen LogP contribution in [-0.4, -0.2) is 43.9 Å². The maximum absolute atomic E-state index is 13.4. The Kier molecular flexibility index (Phi) is 9.57. The van der Waals surface area contributed by atoms with Gasteiger partial charge in [0.15, 0.2) is 0 Å². The average molecular weight is 557 g/mol. The second kappa shape index (κ2) is 13.1. The Labute approximate surface area is 238 Å². The minimum Gasteiger partial charge on any atom is -0.496 e. The molecule has 8 heteroatoms. The van der Waals surface area contributed by atoms with E-state index < -0.39 is 14.1 Å². The van der Waals surface area contributed by atoms with Gasteiger partial charge in [-0.15, -0.1) is 0 Å². The number of hydrogen-bond acceptors (Lipinski definition) is 5. The third kappa shape index (κ3) is 7.27. The van der Waals surface area contributed by atoms with Gasteiger partial charge in [-0.25, -0.2) is 0 Å². The maximum Gasteiger partial charge on any atom is 0.242 e. The van der Waals surface area contributed by atoms with Crippen LogP contribution in [0.15, 0.2) is 85.1 Å². The molecule has 7 nitrogen and oxygen atoms in total. The number of aromatic nitrogens is 2. The number of aromatic amines is 1. The number of amides is 1. The summed E-state index contributed by atoms with van der Waals surface area (Å²) >= 11 is 0. The second-order valence-corrected chi connectivity index (χ2v) is 16.9. The number of hydrogen-bond donors (Lipinski definition) is 3. The molecule has 0 saturated carbocycles. The van der Waals surface area contributed by atoms with E-state index in [1.54, 1.807) is 13.3 Å². The summed E-state index contributed by atoms with van der Waals surface area (Å²) in [6, 6.07) is 25.6. The smallest absolute Gasteiger partial charge is 0.242 e. The van der Waals surface area contributed by atoms with E-state index in [1.165, 1.54) is 0 Å². The molecule has 2 atom stereocenters. The van der Waals surface area contributed by atoms with Gasteiger partial charge in [-0.2, -0.15) is 5.10 Å². The van der Waals surface area contributed by atoms with Crippen LogP contribution in [0, 0.1) is 0 Å². The summed E-state index contributed by atoms with van der Waals surface area (Å²) in [5.41, 5.74) is 11.8. The van der Waals surface area contributed by atoms with Gasteiger partial charge in [0.05, 0.1) is 31.1 Å². The maximum atomic E-state index is 13.4. The molecule has 1 heterocycles. The van der Waals surface area contributed by atoms with Gasteiger partial charge in [0.2, 0.25) is 5.91 Å². The van der Waals surface area contributed by atoms with Crippen LogP contribution < -0.4 is 15.8 Å². The van der Waals surface area contributed by atoms with Crippen LogP contribution in [0.5, 0.6) is 5.75 Å². The van der Waals surface area contributed by atoms with Crippen LogP contribution in [0.2, 0.25) is 25.7 Å². The largest absolute Gasteiger partial charge is 0.496 e. The SMILES string of the molecule is COc1cc(NC(=O)[C@@H](N)C(c2ccccc2)c2ccccc2)ccc1-c1cn[nH]c1C(C)OCC[Si](C)(C)C. The van der Waals surface area contributed by atoms with Crippen molar-refractivity contribution in [3.05, 3.63) is 102 Å². The fourth-order valence-corrected chi connectivity index (χ4v) is 5.47. The highest BCUT2D eigenvalue weighted by Gasteiger charge is 2.28. The van der Waals surface area contributed by atoms with Gasteiger partial charge in [0, 0.05) is 43.5 Å². The van der Waals surface area contributed by atoms with Crippen molar-refractivity contribution in [2.24, 2.45) is 5.73 Å². The number of carbonyl (C=O) groups excluding carboxylic acids is 1. The van der Waals surface area contributed by atoms with Crippen molar-refractivity contribution in [1.29, 1.82) is 0 Å². The lowest BCUT2D eigenvalue weighted by Gasteiger charge is -2.24. The Morgan fingerprint density at radius 1 is 0.975 bits per heavy atom. The van der Waals surface area contributed by atoms with E-state index in [0.29, 0.717) is 18.0 Å². The number of nitrogens with two attached hydrogens (primary N) is 1. The minimum absolute atomic E-state index is 0.149. The first-order chi connectivity index (χ1) is 19.2. The number of nitrogens with zero attached hydrogens (tertiary/aromatic N) is 1. The molecule has 0 spiro atoms. The van der Waals surface area contributed by atoms with Crippen molar-refractivity contribution < 1.29 is 14.3 Å². The Morgan fingerprint density at radius 3 is 2.17 bits per heavy atom. The molecule has 40 heavy (non-hydrogen) atoms. The lowest BCUT2D eigenvalue weighted by atomic mass is 9.85. The van der Waals surface area contributed by atoms with E-state index in [9.17, 15) is 4.79 Å². The number of methoxy groups -OCH3 is 1. The van der Waals surface area contributed by atoms with Crippen molar-refractivity contribution >= 4 is 19.7 Å². The predicted molar refractivity (Wildman–Crippen MR) is 164 cm³/mol. The highest BCUT2D eigenvalue weighted by molar-refractivity contribution is 6.76. The first kappa shape index (κ1) is 29.3. The summed E-state index contributed by atoms with van der Waals surface area (Å²) in [6.45, 7) is 9.75. The molecule has 0 bridgehead atoms. The molecule has 0 aliphatic carbocycles. The van der Waals surface area contributed by atoms with Crippen molar-refractivity contribution in [1.82, 2.24) is 10.2 Å². The topological polar surface area (TPSA) is 102 Å². The van der Waals surface area contributed by atoms with Gasteiger partial charge >= 0.3 is 0 Å². The van der Waals surface area contributed by atoms with Gasteiger partial charge < -0.3 is 20.5 Å². The Bertz CT molecular complexity index is 1350. The van der Waals surface area contributed by atoms with Crippen LogP contribution in [0.4, 0.5) is 5.69 Å². The molecule has 3 aromatic carbocycles. The zero-order chi connectivity index (χ0) is 28.7. The van der Waals surface area contributed by atoms with Gasteiger partial charge in [0.1, 0.15) is 5.75 Å².